The fourth-order valence-corrected chi connectivity index (χ4v) is 2.40. The molecule has 0 aliphatic carbocycles. The largest absolute Gasteiger partial charge is 0.423 e. The van der Waals surface area contributed by atoms with Crippen molar-refractivity contribution in [2.24, 2.45) is 0 Å². The molecule has 31 heavy (non-hydrogen) atoms. The number of ether oxygens (including phenoxy) is 3. The van der Waals surface area contributed by atoms with E-state index >= 15 is 0 Å². The second-order valence-corrected chi connectivity index (χ2v) is 5.71. The Labute approximate surface area is 174 Å². The highest BCUT2D eigenvalue weighted by molar-refractivity contribution is 6.05. The summed E-state index contributed by atoms with van der Waals surface area (Å²) in [5.41, 5.74) is 0.0132. The van der Waals surface area contributed by atoms with Gasteiger partial charge in [0.2, 0.25) is 0 Å². The Bertz CT molecular complexity index is 1110. The van der Waals surface area contributed by atoms with Crippen molar-refractivity contribution < 1.29 is 23.8 Å². The fraction of sp³-hybridized carbons (Fsp3) is 0. The van der Waals surface area contributed by atoms with E-state index < -0.39 is 11.9 Å². The quantitative estimate of drug-likeness (QED) is 0.338. The molecule has 0 bridgehead atoms. The van der Waals surface area contributed by atoms with E-state index in [1.165, 1.54) is 49.6 Å². The van der Waals surface area contributed by atoms with Crippen LogP contribution in [-0.2, 0) is 4.74 Å². The molecule has 152 valence electrons. The van der Waals surface area contributed by atoms with Gasteiger partial charge < -0.3 is 14.2 Å². The number of hydrogen-bond acceptors (Lipinski definition) is 11. The minimum absolute atomic E-state index is 0.00660. The zero-order chi connectivity index (χ0) is 21.5. The van der Waals surface area contributed by atoms with Crippen molar-refractivity contribution in [1.82, 2.24) is 29.9 Å². The van der Waals surface area contributed by atoms with Crippen molar-refractivity contribution >= 4 is 11.9 Å². The molecule has 0 aliphatic rings. The van der Waals surface area contributed by atoms with Crippen LogP contribution in [0.4, 0.5) is 0 Å². The highest BCUT2D eigenvalue weighted by Gasteiger charge is 2.22. The predicted octanol–water partition coefficient (Wildman–Crippen LogP) is 2.64. The molecular formula is C20H12N6O5. The van der Waals surface area contributed by atoms with Crippen LogP contribution in [0.1, 0.15) is 20.7 Å². The van der Waals surface area contributed by atoms with Crippen LogP contribution >= 0.6 is 0 Å². The topological polar surface area (TPSA) is 139 Å². The zero-order valence-corrected chi connectivity index (χ0v) is 15.7. The SMILES string of the molecule is O=C(OC(=O)c1ccccc1Oc1ncncn1)c1ccccc1Oc1ncncn1. The first-order valence-electron chi connectivity index (χ1n) is 8.75. The molecule has 2 aromatic carbocycles. The molecule has 0 unspecified atom stereocenters. The summed E-state index contributed by atoms with van der Waals surface area (Å²) in [6.45, 7) is 0. The Balaban J connectivity index is 1.53. The summed E-state index contributed by atoms with van der Waals surface area (Å²) in [4.78, 5) is 48.1. The standard InChI is InChI=1S/C20H12N6O5/c27-17(13-5-1-3-7-15(13)29-19-23-9-21-10-24-19)31-18(28)14-6-2-4-8-16(14)30-20-25-11-22-12-26-20/h1-12H. The number of nitrogens with zero attached hydrogens (tertiary/aromatic N) is 6. The summed E-state index contributed by atoms with van der Waals surface area (Å²) in [5.74, 6) is -1.63. The van der Waals surface area contributed by atoms with Crippen molar-refractivity contribution in [3.63, 3.8) is 0 Å². The predicted molar refractivity (Wildman–Crippen MR) is 102 cm³/mol. The Kier molecular flexibility index (Phi) is 5.75. The third-order valence-electron chi connectivity index (χ3n) is 3.74. The zero-order valence-electron chi connectivity index (χ0n) is 15.7. The monoisotopic (exact) mass is 416 g/mol. The van der Waals surface area contributed by atoms with E-state index in [9.17, 15) is 9.59 Å². The van der Waals surface area contributed by atoms with E-state index in [-0.39, 0.29) is 34.6 Å². The van der Waals surface area contributed by atoms with Gasteiger partial charge >= 0.3 is 24.0 Å². The van der Waals surface area contributed by atoms with Crippen LogP contribution in [0, 0.1) is 0 Å². The van der Waals surface area contributed by atoms with E-state index in [0.29, 0.717) is 0 Å². The number of carbonyl (C=O) groups excluding carboxylic acids is 2. The molecule has 2 heterocycles. The van der Waals surface area contributed by atoms with Gasteiger partial charge in [-0.05, 0) is 24.3 Å². The molecule has 4 rings (SSSR count). The lowest BCUT2D eigenvalue weighted by atomic mass is 10.2. The van der Waals surface area contributed by atoms with Gasteiger partial charge in [-0.15, -0.1) is 0 Å². The van der Waals surface area contributed by atoms with Crippen LogP contribution in [0.25, 0.3) is 0 Å². The van der Waals surface area contributed by atoms with Crippen LogP contribution < -0.4 is 9.47 Å². The normalized spacial score (nSPS) is 10.2. The number of rotatable bonds is 6. The van der Waals surface area contributed by atoms with E-state index in [2.05, 4.69) is 29.9 Å². The maximum Gasteiger partial charge on any atom is 0.349 e. The van der Waals surface area contributed by atoms with Gasteiger partial charge in [-0.2, -0.15) is 19.9 Å². The van der Waals surface area contributed by atoms with Gasteiger partial charge in [0, 0.05) is 0 Å². The van der Waals surface area contributed by atoms with Crippen molar-refractivity contribution in [2.45, 2.75) is 0 Å². The van der Waals surface area contributed by atoms with Gasteiger partial charge in [0.05, 0.1) is 0 Å². The summed E-state index contributed by atoms with van der Waals surface area (Å²) >= 11 is 0. The molecule has 0 radical (unpaired) electrons. The maximum absolute atomic E-state index is 12.7. The number of para-hydroxylation sites is 2. The summed E-state index contributed by atoms with van der Waals surface area (Å²) in [5, 5.41) is 0. The van der Waals surface area contributed by atoms with Gasteiger partial charge in [0.25, 0.3) is 0 Å². The molecule has 0 spiro atoms. The van der Waals surface area contributed by atoms with Gasteiger partial charge in [-0.25, -0.2) is 19.6 Å². The third-order valence-corrected chi connectivity index (χ3v) is 3.74. The minimum Gasteiger partial charge on any atom is -0.423 e. The van der Waals surface area contributed by atoms with Crippen molar-refractivity contribution in [3.05, 3.63) is 85.0 Å². The highest BCUT2D eigenvalue weighted by atomic mass is 16.6. The van der Waals surface area contributed by atoms with Crippen molar-refractivity contribution in [1.29, 1.82) is 0 Å². The maximum atomic E-state index is 12.7. The summed E-state index contributed by atoms with van der Waals surface area (Å²) in [6.07, 6.45) is 4.99. The van der Waals surface area contributed by atoms with Crippen molar-refractivity contribution in [2.75, 3.05) is 0 Å². The number of hydrogen-bond donors (Lipinski definition) is 0. The van der Waals surface area contributed by atoms with Gasteiger partial charge in [-0.1, -0.05) is 24.3 Å². The van der Waals surface area contributed by atoms with E-state index in [1.807, 2.05) is 0 Å². The molecule has 11 nitrogen and oxygen atoms in total. The van der Waals surface area contributed by atoms with Crippen LogP contribution in [0.5, 0.6) is 23.5 Å². The molecule has 0 amide bonds. The molecule has 2 aromatic heterocycles. The molecule has 0 saturated heterocycles. The Hall–Kier alpha value is -4.80. The van der Waals surface area contributed by atoms with Crippen LogP contribution in [0.15, 0.2) is 73.8 Å². The lowest BCUT2D eigenvalue weighted by Gasteiger charge is -2.10. The van der Waals surface area contributed by atoms with E-state index in [4.69, 9.17) is 14.2 Å². The molecule has 11 heteroatoms. The lowest BCUT2D eigenvalue weighted by molar-refractivity contribution is 0.0394. The highest BCUT2D eigenvalue weighted by Crippen LogP contribution is 2.26. The average Bonchev–Trinajstić information content (AvgIpc) is 2.81. The first kappa shape index (κ1) is 19.5. The molecular weight excluding hydrogens is 404 g/mol. The lowest BCUT2D eigenvalue weighted by Crippen LogP contribution is -2.14. The summed E-state index contributed by atoms with van der Waals surface area (Å²) in [6, 6.07) is 12.4. The molecule has 0 saturated carbocycles. The van der Waals surface area contributed by atoms with Gasteiger partial charge in [0.1, 0.15) is 47.9 Å². The number of carbonyl (C=O) groups is 2. The summed E-state index contributed by atoms with van der Waals surface area (Å²) < 4.78 is 16.0. The number of benzene rings is 2. The number of aromatic nitrogens is 6. The molecule has 0 fully saturated rings. The average molecular weight is 416 g/mol. The second-order valence-electron chi connectivity index (χ2n) is 5.71. The molecule has 4 aromatic rings. The van der Waals surface area contributed by atoms with E-state index in [0.717, 1.165) is 0 Å². The molecule has 0 aliphatic heterocycles. The fourth-order valence-electron chi connectivity index (χ4n) is 2.40. The first-order valence-corrected chi connectivity index (χ1v) is 8.75. The Morgan fingerprint density at radius 1 is 0.581 bits per heavy atom. The molecule has 0 atom stereocenters. The minimum atomic E-state index is -0.926. The summed E-state index contributed by atoms with van der Waals surface area (Å²) in [7, 11) is 0. The van der Waals surface area contributed by atoms with Crippen LogP contribution in [0.2, 0.25) is 0 Å². The smallest absolute Gasteiger partial charge is 0.349 e. The van der Waals surface area contributed by atoms with Crippen molar-refractivity contribution in [3.8, 4) is 23.5 Å². The number of esters is 2. The Morgan fingerprint density at radius 2 is 0.968 bits per heavy atom. The van der Waals surface area contributed by atoms with Gasteiger partial charge in [0.15, 0.2) is 0 Å². The Morgan fingerprint density at radius 3 is 1.39 bits per heavy atom. The molecule has 0 N–H and O–H groups in total. The first-order chi connectivity index (χ1) is 15.2. The third kappa shape index (κ3) is 4.79. The second kappa shape index (κ2) is 9.13. The van der Waals surface area contributed by atoms with Crippen LogP contribution in [-0.4, -0.2) is 41.8 Å². The van der Waals surface area contributed by atoms with Crippen LogP contribution in [0.3, 0.4) is 0 Å². The van der Waals surface area contributed by atoms with Gasteiger partial charge in [-0.3, -0.25) is 0 Å². The van der Waals surface area contributed by atoms with E-state index in [1.54, 1.807) is 24.3 Å².